The van der Waals surface area contributed by atoms with Gasteiger partial charge in [-0.2, -0.15) is 0 Å². The van der Waals surface area contributed by atoms with E-state index in [9.17, 15) is 18.0 Å². The molecule has 0 unspecified atom stereocenters. The molecule has 0 spiro atoms. The van der Waals surface area contributed by atoms with Crippen molar-refractivity contribution in [3.8, 4) is 28.6 Å². The van der Waals surface area contributed by atoms with E-state index in [1.165, 1.54) is 24.5 Å². The number of ether oxygens (including phenoxy) is 3. The summed E-state index contributed by atoms with van der Waals surface area (Å²) in [4.78, 5) is 26.2. The highest BCUT2D eigenvalue weighted by molar-refractivity contribution is 5.70. The molecule has 2 aromatic heterocycles. The van der Waals surface area contributed by atoms with Crippen LogP contribution in [0.5, 0.6) is 17.5 Å². The smallest absolute Gasteiger partial charge is 0.444 e. The lowest BCUT2D eigenvalue weighted by molar-refractivity contribution is -0.274. The Kier molecular flexibility index (Phi) is 6.86. The Morgan fingerprint density at radius 1 is 1.00 bits per heavy atom. The lowest BCUT2D eigenvalue weighted by atomic mass is 10.1. The summed E-state index contributed by atoms with van der Waals surface area (Å²) in [5.74, 6) is -0.314. The van der Waals surface area contributed by atoms with Crippen molar-refractivity contribution in [2.75, 3.05) is 18.4 Å². The predicted octanol–water partition coefficient (Wildman–Crippen LogP) is 5.26. The van der Waals surface area contributed by atoms with Crippen molar-refractivity contribution in [2.24, 2.45) is 0 Å². The largest absolute Gasteiger partial charge is 0.573 e. The van der Waals surface area contributed by atoms with Gasteiger partial charge in [0.25, 0.3) is 0 Å². The van der Waals surface area contributed by atoms with Crippen LogP contribution in [0.4, 0.5) is 23.7 Å². The molecule has 4 rings (SSSR count). The molecule has 190 valence electrons. The Morgan fingerprint density at radius 3 is 2.36 bits per heavy atom. The topological polar surface area (TPSA) is 98.7 Å². The van der Waals surface area contributed by atoms with E-state index in [4.69, 9.17) is 9.47 Å². The Hall–Kier alpha value is -4.09. The van der Waals surface area contributed by atoms with E-state index in [-0.39, 0.29) is 23.9 Å². The molecule has 1 fully saturated rings. The summed E-state index contributed by atoms with van der Waals surface area (Å²) in [6, 6.07) is 6.99. The van der Waals surface area contributed by atoms with Gasteiger partial charge in [0.2, 0.25) is 0 Å². The highest BCUT2D eigenvalue weighted by Crippen LogP contribution is 2.28. The van der Waals surface area contributed by atoms with Gasteiger partial charge in [0.05, 0.1) is 11.7 Å². The Labute approximate surface area is 205 Å². The Morgan fingerprint density at radius 2 is 1.69 bits per heavy atom. The average Bonchev–Trinajstić information content (AvgIpc) is 2.74. The summed E-state index contributed by atoms with van der Waals surface area (Å²) in [6.45, 7) is 6.51. The third-order valence-corrected chi connectivity index (χ3v) is 4.85. The molecular formula is C24H24F3N5O4. The van der Waals surface area contributed by atoms with Crippen LogP contribution in [-0.2, 0) is 4.74 Å². The zero-order valence-electron chi connectivity index (χ0n) is 19.7. The molecule has 1 aromatic carbocycles. The molecule has 9 nitrogen and oxygen atoms in total. The average molecular weight is 503 g/mol. The van der Waals surface area contributed by atoms with Crippen molar-refractivity contribution in [1.82, 2.24) is 19.9 Å². The van der Waals surface area contributed by atoms with Crippen LogP contribution in [0.2, 0.25) is 0 Å². The molecule has 0 saturated carbocycles. The van der Waals surface area contributed by atoms with Gasteiger partial charge in [0.15, 0.2) is 0 Å². The van der Waals surface area contributed by atoms with Crippen LogP contribution < -0.4 is 14.8 Å². The molecule has 0 atom stereocenters. The summed E-state index contributed by atoms with van der Waals surface area (Å²) < 4.78 is 51.9. The second kappa shape index (κ2) is 9.88. The van der Waals surface area contributed by atoms with Crippen LogP contribution in [0.15, 0.2) is 55.1 Å². The number of hydrogen-bond donors (Lipinski definition) is 1. The third-order valence-electron chi connectivity index (χ3n) is 4.85. The first-order valence-electron chi connectivity index (χ1n) is 11.0. The van der Waals surface area contributed by atoms with Crippen molar-refractivity contribution in [3.63, 3.8) is 0 Å². The monoisotopic (exact) mass is 503 g/mol. The standard InChI is InChI=1S/C24H24F3N5O4/c1-23(2,3)36-22(33)32-13-18(14-32)31-17-7-15(9-28-12-17)16-10-29-21(30-11-16)34-19-5-4-6-20(8-19)35-24(25,26)27/h4-12,18,31H,13-14H2,1-3H3. The second-order valence-corrected chi connectivity index (χ2v) is 9.07. The van der Waals surface area contributed by atoms with Gasteiger partial charge in [-0.25, -0.2) is 14.8 Å². The number of rotatable bonds is 6. The highest BCUT2D eigenvalue weighted by Gasteiger charge is 2.34. The molecule has 1 aliphatic heterocycles. The van der Waals surface area contributed by atoms with E-state index in [2.05, 4.69) is 25.0 Å². The van der Waals surface area contributed by atoms with Crippen molar-refractivity contribution >= 4 is 11.8 Å². The minimum absolute atomic E-state index is 0.0400. The van der Waals surface area contributed by atoms with Crippen molar-refractivity contribution in [2.45, 2.75) is 38.8 Å². The van der Waals surface area contributed by atoms with Crippen molar-refractivity contribution in [1.29, 1.82) is 0 Å². The lowest BCUT2D eigenvalue weighted by Gasteiger charge is -2.40. The first-order chi connectivity index (χ1) is 16.9. The quantitative estimate of drug-likeness (QED) is 0.486. The molecule has 1 saturated heterocycles. The van der Waals surface area contributed by atoms with Crippen molar-refractivity contribution < 1.29 is 32.2 Å². The van der Waals surface area contributed by atoms with Gasteiger partial charge in [-0.15, -0.1) is 13.2 Å². The van der Waals surface area contributed by atoms with Crippen LogP contribution in [0.1, 0.15) is 20.8 Å². The first-order valence-corrected chi connectivity index (χ1v) is 11.0. The lowest BCUT2D eigenvalue weighted by Crippen LogP contribution is -2.57. The molecule has 0 radical (unpaired) electrons. The first kappa shape index (κ1) is 25.0. The maximum absolute atomic E-state index is 12.4. The van der Waals surface area contributed by atoms with Gasteiger partial charge < -0.3 is 24.4 Å². The normalized spacial score (nSPS) is 14.1. The number of alkyl halides is 3. The van der Waals surface area contributed by atoms with Gasteiger partial charge in [-0.05, 0) is 39.0 Å². The van der Waals surface area contributed by atoms with E-state index in [0.717, 1.165) is 23.4 Å². The summed E-state index contributed by atoms with van der Waals surface area (Å²) in [5.41, 5.74) is 1.64. The van der Waals surface area contributed by atoms with Crippen LogP contribution in [-0.4, -0.2) is 57.0 Å². The number of carbonyl (C=O) groups excluding carboxylic acids is 1. The molecule has 3 aromatic rings. The van der Waals surface area contributed by atoms with E-state index in [1.54, 1.807) is 17.3 Å². The third kappa shape index (κ3) is 6.96. The Balaban J connectivity index is 1.34. The summed E-state index contributed by atoms with van der Waals surface area (Å²) in [7, 11) is 0. The molecular weight excluding hydrogens is 479 g/mol. The molecule has 12 heteroatoms. The van der Waals surface area contributed by atoms with Crippen LogP contribution in [0, 0.1) is 0 Å². The molecule has 0 aliphatic carbocycles. The van der Waals surface area contributed by atoms with Crippen LogP contribution in [0.25, 0.3) is 11.1 Å². The van der Waals surface area contributed by atoms with Crippen LogP contribution in [0.3, 0.4) is 0 Å². The maximum atomic E-state index is 12.4. The molecule has 1 amide bonds. The highest BCUT2D eigenvalue weighted by atomic mass is 19.4. The van der Waals surface area contributed by atoms with Gasteiger partial charge in [0, 0.05) is 55.1 Å². The van der Waals surface area contributed by atoms with E-state index < -0.39 is 17.7 Å². The van der Waals surface area contributed by atoms with Gasteiger partial charge in [-0.3, -0.25) is 4.98 Å². The number of nitrogens with one attached hydrogen (secondary N) is 1. The zero-order chi connectivity index (χ0) is 25.9. The van der Waals surface area contributed by atoms with E-state index in [1.807, 2.05) is 26.8 Å². The number of benzene rings is 1. The zero-order valence-corrected chi connectivity index (χ0v) is 19.7. The number of likely N-dealkylation sites (tertiary alicyclic amines) is 1. The fourth-order valence-corrected chi connectivity index (χ4v) is 3.32. The van der Waals surface area contributed by atoms with Gasteiger partial charge in [-0.1, -0.05) is 6.07 Å². The number of aromatic nitrogens is 3. The number of halogens is 3. The second-order valence-electron chi connectivity index (χ2n) is 9.07. The number of nitrogens with zero attached hydrogens (tertiary/aromatic N) is 4. The predicted molar refractivity (Wildman–Crippen MR) is 124 cm³/mol. The number of amides is 1. The summed E-state index contributed by atoms with van der Waals surface area (Å²) in [5, 5.41) is 3.33. The summed E-state index contributed by atoms with van der Waals surface area (Å²) >= 11 is 0. The van der Waals surface area contributed by atoms with E-state index in [0.29, 0.717) is 18.7 Å². The summed E-state index contributed by atoms with van der Waals surface area (Å²) in [6.07, 6.45) is 1.22. The molecule has 3 heterocycles. The van der Waals surface area contributed by atoms with E-state index >= 15 is 0 Å². The van der Waals surface area contributed by atoms with Crippen molar-refractivity contribution in [3.05, 3.63) is 55.1 Å². The SMILES string of the molecule is CC(C)(C)OC(=O)N1CC(Nc2cncc(-c3cnc(Oc4cccc(OC(F)(F)F)c4)nc3)c2)C1. The number of pyridine rings is 1. The molecule has 1 aliphatic rings. The van der Waals surface area contributed by atoms with Crippen LogP contribution >= 0.6 is 0 Å². The minimum Gasteiger partial charge on any atom is -0.444 e. The fourth-order valence-electron chi connectivity index (χ4n) is 3.32. The van der Waals surface area contributed by atoms with Gasteiger partial charge >= 0.3 is 18.5 Å². The number of carbonyl (C=O) groups is 1. The minimum atomic E-state index is -4.80. The number of hydrogen-bond acceptors (Lipinski definition) is 8. The fraction of sp³-hybridized carbons (Fsp3) is 0.333. The van der Waals surface area contributed by atoms with Gasteiger partial charge in [0.1, 0.15) is 17.1 Å². The molecule has 0 bridgehead atoms. The molecule has 1 N–H and O–H groups in total. The Bertz CT molecular complexity index is 1210. The number of anilines is 1. The molecule has 36 heavy (non-hydrogen) atoms. The maximum Gasteiger partial charge on any atom is 0.573 e.